The number of aromatic amines is 1. The van der Waals surface area contributed by atoms with Crippen LogP contribution in [0.4, 0.5) is 0 Å². The molecule has 0 spiro atoms. The van der Waals surface area contributed by atoms with Crippen molar-refractivity contribution in [3.8, 4) is 0 Å². The summed E-state index contributed by atoms with van der Waals surface area (Å²) in [4.78, 5) is 28.4. The summed E-state index contributed by atoms with van der Waals surface area (Å²) in [6, 6.07) is 6.22. The third-order valence-electron chi connectivity index (χ3n) is 5.05. The van der Waals surface area contributed by atoms with Gasteiger partial charge in [0.15, 0.2) is 0 Å². The Hall–Kier alpha value is -2.30. The molecule has 1 aliphatic rings. The molecule has 1 amide bonds. The van der Waals surface area contributed by atoms with Crippen LogP contribution in [-0.2, 0) is 16.0 Å². The van der Waals surface area contributed by atoms with Gasteiger partial charge in [0.2, 0.25) is 5.91 Å². The maximum atomic E-state index is 12.4. The molecule has 0 radical (unpaired) electrons. The number of aryl methyl sites for hydroxylation is 2. The van der Waals surface area contributed by atoms with Crippen LogP contribution in [-0.4, -0.2) is 40.0 Å². The minimum atomic E-state index is -0.741. The van der Waals surface area contributed by atoms with E-state index in [-0.39, 0.29) is 18.2 Å². The van der Waals surface area contributed by atoms with Crippen molar-refractivity contribution >= 4 is 22.8 Å². The number of nitrogens with zero attached hydrogens (tertiary/aromatic N) is 1. The van der Waals surface area contributed by atoms with E-state index in [9.17, 15) is 9.59 Å². The molecule has 128 valence electrons. The fourth-order valence-corrected chi connectivity index (χ4v) is 3.60. The molecular formula is C19H24N2O3. The Morgan fingerprint density at radius 3 is 2.75 bits per heavy atom. The number of carbonyl (C=O) groups is 2. The molecule has 2 heterocycles. The number of carboxylic acid groups (broad SMARTS) is 1. The number of likely N-dealkylation sites (tertiary alicyclic amines) is 1. The van der Waals surface area contributed by atoms with Crippen LogP contribution in [0.3, 0.4) is 0 Å². The minimum Gasteiger partial charge on any atom is -0.481 e. The van der Waals surface area contributed by atoms with E-state index in [0.29, 0.717) is 19.5 Å². The van der Waals surface area contributed by atoms with Crippen molar-refractivity contribution in [3.05, 3.63) is 35.5 Å². The largest absolute Gasteiger partial charge is 0.481 e. The van der Waals surface area contributed by atoms with E-state index in [1.807, 2.05) is 17.2 Å². The molecule has 1 aromatic carbocycles. The molecule has 0 aliphatic carbocycles. The number of H-pyrrole nitrogens is 1. The summed E-state index contributed by atoms with van der Waals surface area (Å²) in [5.41, 5.74) is 3.54. The molecule has 1 fully saturated rings. The Labute approximate surface area is 141 Å². The van der Waals surface area contributed by atoms with Gasteiger partial charge in [-0.2, -0.15) is 0 Å². The zero-order valence-corrected chi connectivity index (χ0v) is 14.0. The van der Waals surface area contributed by atoms with Gasteiger partial charge in [0.1, 0.15) is 0 Å². The first kappa shape index (κ1) is 16.6. The summed E-state index contributed by atoms with van der Waals surface area (Å²) >= 11 is 0. The Morgan fingerprint density at radius 2 is 2.04 bits per heavy atom. The van der Waals surface area contributed by atoms with E-state index in [4.69, 9.17) is 5.11 Å². The number of amides is 1. The van der Waals surface area contributed by atoms with Crippen LogP contribution >= 0.6 is 0 Å². The van der Waals surface area contributed by atoms with E-state index in [1.54, 1.807) is 0 Å². The Bertz CT molecular complexity index is 742. The maximum Gasteiger partial charge on any atom is 0.303 e. The molecule has 2 N–H and O–H groups in total. The predicted molar refractivity (Wildman–Crippen MR) is 92.9 cm³/mol. The van der Waals surface area contributed by atoms with E-state index >= 15 is 0 Å². The lowest BCUT2D eigenvalue weighted by Gasteiger charge is -2.31. The second-order valence-corrected chi connectivity index (χ2v) is 6.73. The molecule has 24 heavy (non-hydrogen) atoms. The summed E-state index contributed by atoms with van der Waals surface area (Å²) < 4.78 is 0. The van der Waals surface area contributed by atoms with Gasteiger partial charge in [-0.1, -0.05) is 18.2 Å². The highest BCUT2D eigenvalue weighted by Gasteiger charge is 2.24. The lowest BCUT2D eigenvalue weighted by molar-refractivity contribution is -0.138. The van der Waals surface area contributed by atoms with Gasteiger partial charge in [-0.25, -0.2) is 0 Å². The Balaban J connectivity index is 1.54. The molecule has 0 unspecified atom stereocenters. The third kappa shape index (κ3) is 3.61. The molecule has 5 heteroatoms. The van der Waals surface area contributed by atoms with Crippen molar-refractivity contribution in [2.45, 2.75) is 39.0 Å². The number of benzene rings is 1. The van der Waals surface area contributed by atoms with Crippen molar-refractivity contribution in [3.63, 3.8) is 0 Å². The fraction of sp³-hybridized carbons (Fsp3) is 0.474. The van der Waals surface area contributed by atoms with Gasteiger partial charge in [0, 0.05) is 43.0 Å². The van der Waals surface area contributed by atoms with E-state index in [0.717, 1.165) is 24.8 Å². The highest BCUT2D eigenvalue weighted by Crippen LogP contribution is 2.24. The molecular weight excluding hydrogens is 304 g/mol. The molecule has 1 aromatic heterocycles. The second kappa shape index (κ2) is 7.07. The van der Waals surface area contributed by atoms with E-state index < -0.39 is 5.97 Å². The summed E-state index contributed by atoms with van der Waals surface area (Å²) in [6.07, 6.45) is 5.05. The van der Waals surface area contributed by atoms with E-state index in [1.165, 1.54) is 16.5 Å². The molecule has 2 aromatic rings. The van der Waals surface area contributed by atoms with E-state index in [2.05, 4.69) is 24.0 Å². The first-order valence-corrected chi connectivity index (χ1v) is 8.59. The summed E-state index contributed by atoms with van der Waals surface area (Å²) in [6.45, 7) is 3.45. The van der Waals surface area contributed by atoms with Gasteiger partial charge in [0.25, 0.3) is 0 Å². The van der Waals surface area contributed by atoms with Gasteiger partial charge in [-0.15, -0.1) is 0 Å². The normalized spacial score (nSPS) is 15.8. The van der Waals surface area contributed by atoms with Gasteiger partial charge in [0.05, 0.1) is 0 Å². The van der Waals surface area contributed by atoms with Crippen LogP contribution < -0.4 is 0 Å². The first-order chi connectivity index (χ1) is 11.5. The fourth-order valence-electron chi connectivity index (χ4n) is 3.60. The average Bonchev–Trinajstić information content (AvgIpc) is 2.97. The SMILES string of the molecule is Cc1cccc2c(CCC(=O)N3CCC(CC(=O)O)CC3)c[nH]c12. The summed E-state index contributed by atoms with van der Waals surface area (Å²) in [5.74, 6) is -0.358. The van der Waals surface area contributed by atoms with Crippen LogP contribution in [0.5, 0.6) is 0 Å². The maximum absolute atomic E-state index is 12.4. The number of nitrogens with one attached hydrogen (secondary N) is 1. The quantitative estimate of drug-likeness (QED) is 0.885. The van der Waals surface area contributed by atoms with Crippen LogP contribution in [0.15, 0.2) is 24.4 Å². The zero-order chi connectivity index (χ0) is 17.1. The molecule has 0 bridgehead atoms. The number of carboxylic acids is 1. The lowest BCUT2D eigenvalue weighted by atomic mass is 9.93. The standard InChI is InChI=1S/C19H24N2O3/c1-13-3-2-4-16-15(12-20-19(13)16)5-6-17(22)21-9-7-14(8-10-21)11-18(23)24/h2-4,12,14,20H,5-11H2,1H3,(H,23,24). The van der Waals surface area contributed by atoms with Crippen LogP contribution in [0.25, 0.3) is 10.9 Å². The second-order valence-electron chi connectivity index (χ2n) is 6.73. The topological polar surface area (TPSA) is 73.4 Å². The van der Waals surface area contributed by atoms with Crippen molar-refractivity contribution < 1.29 is 14.7 Å². The number of piperidine rings is 1. The van der Waals surface area contributed by atoms with Gasteiger partial charge in [-0.05, 0) is 43.2 Å². The van der Waals surface area contributed by atoms with Crippen molar-refractivity contribution in [2.75, 3.05) is 13.1 Å². The number of carbonyl (C=O) groups excluding carboxylic acids is 1. The molecule has 1 aliphatic heterocycles. The van der Waals surface area contributed by atoms with Crippen molar-refractivity contribution in [2.24, 2.45) is 5.92 Å². The first-order valence-electron chi connectivity index (χ1n) is 8.59. The molecule has 0 saturated carbocycles. The minimum absolute atomic E-state index is 0.172. The van der Waals surface area contributed by atoms with Crippen molar-refractivity contribution in [1.82, 2.24) is 9.88 Å². The Morgan fingerprint density at radius 1 is 1.29 bits per heavy atom. The van der Waals surface area contributed by atoms with Crippen LogP contribution in [0.1, 0.15) is 36.8 Å². The number of rotatable bonds is 5. The molecule has 5 nitrogen and oxygen atoms in total. The number of aliphatic carboxylic acids is 1. The molecule has 3 rings (SSSR count). The van der Waals surface area contributed by atoms with Crippen LogP contribution in [0, 0.1) is 12.8 Å². The van der Waals surface area contributed by atoms with Crippen LogP contribution in [0.2, 0.25) is 0 Å². The average molecular weight is 328 g/mol. The summed E-state index contributed by atoms with van der Waals surface area (Å²) in [7, 11) is 0. The number of hydrogen-bond donors (Lipinski definition) is 2. The highest BCUT2D eigenvalue weighted by molar-refractivity contribution is 5.86. The number of hydrogen-bond acceptors (Lipinski definition) is 2. The lowest BCUT2D eigenvalue weighted by Crippen LogP contribution is -2.39. The monoisotopic (exact) mass is 328 g/mol. The van der Waals surface area contributed by atoms with Gasteiger partial charge < -0.3 is 15.0 Å². The van der Waals surface area contributed by atoms with Gasteiger partial charge >= 0.3 is 5.97 Å². The number of para-hydroxylation sites is 1. The zero-order valence-electron chi connectivity index (χ0n) is 14.0. The predicted octanol–water partition coefficient (Wildman–Crippen LogP) is 3.12. The molecule has 1 saturated heterocycles. The number of fused-ring (bicyclic) bond motifs is 1. The van der Waals surface area contributed by atoms with Gasteiger partial charge in [-0.3, -0.25) is 9.59 Å². The smallest absolute Gasteiger partial charge is 0.303 e. The van der Waals surface area contributed by atoms with Crippen molar-refractivity contribution in [1.29, 1.82) is 0 Å². The Kier molecular flexibility index (Phi) is 4.88. The third-order valence-corrected chi connectivity index (χ3v) is 5.05. The summed E-state index contributed by atoms with van der Waals surface area (Å²) in [5, 5.41) is 10.1. The number of aromatic nitrogens is 1. The molecule has 0 atom stereocenters. The highest BCUT2D eigenvalue weighted by atomic mass is 16.4.